The number of carbonyl (C=O) groups is 1. The van der Waals surface area contributed by atoms with Gasteiger partial charge in [0.25, 0.3) is 0 Å². The number of carbonyl (C=O) groups excluding carboxylic acids is 1. The summed E-state index contributed by atoms with van der Waals surface area (Å²) in [5.41, 5.74) is 6.90. The first-order valence-electron chi connectivity index (χ1n) is 12.5. The summed E-state index contributed by atoms with van der Waals surface area (Å²) in [7, 11) is 0. The van der Waals surface area contributed by atoms with Crippen molar-refractivity contribution in [2.75, 3.05) is 5.32 Å². The van der Waals surface area contributed by atoms with Gasteiger partial charge >= 0.3 is 0 Å². The quantitative estimate of drug-likeness (QED) is 0.263. The van der Waals surface area contributed by atoms with Gasteiger partial charge in [0.15, 0.2) is 5.65 Å². The predicted molar refractivity (Wildman–Crippen MR) is 144 cm³/mol. The molecule has 8 nitrogen and oxygen atoms in total. The number of amides is 1. The molecule has 1 amide bonds. The average molecular weight is 504 g/mol. The van der Waals surface area contributed by atoms with Crippen LogP contribution in [-0.4, -0.2) is 36.0 Å². The Morgan fingerprint density at radius 3 is 2.63 bits per heavy atom. The van der Waals surface area contributed by atoms with Gasteiger partial charge in [0.1, 0.15) is 11.5 Å². The van der Waals surface area contributed by atoms with Gasteiger partial charge in [0.2, 0.25) is 5.91 Å². The number of anilines is 1. The first-order valence-corrected chi connectivity index (χ1v) is 12.5. The van der Waals surface area contributed by atoms with Crippen molar-refractivity contribution in [1.82, 2.24) is 30.1 Å². The minimum Gasteiger partial charge on any atom is -0.352 e. The van der Waals surface area contributed by atoms with Gasteiger partial charge in [-0.05, 0) is 48.7 Å². The largest absolute Gasteiger partial charge is 0.352 e. The summed E-state index contributed by atoms with van der Waals surface area (Å²) in [5, 5.41) is 12.3. The van der Waals surface area contributed by atoms with Crippen molar-refractivity contribution in [1.29, 1.82) is 0 Å². The molecule has 1 fully saturated rings. The maximum Gasteiger partial charge on any atom is 0.227 e. The molecule has 0 bridgehead atoms. The van der Waals surface area contributed by atoms with E-state index in [9.17, 15) is 9.18 Å². The minimum absolute atomic E-state index is 0.0480. The molecule has 38 heavy (non-hydrogen) atoms. The monoisotopic (exact) mass is 503 g/mol. The highest BCUT2D eigenvalue weighted by molar-refractivity contribution is 6.00. The molecule has 1 aromatic carbocycles. The molecule has 9 heteroatoms. The van der Waals surface area contributed by atoms with E-state index in [-0.39, 0.29) is 17.6 Å². The molecule has 0 spiro atoms. The van der Waals surface area contributed by atoms with Crippen LogP contribution >= 0.6 is 0 Å². The fraction of sp³-hybridized carbons (Fsp3) is 0.138. The number of hydrogen-bond acceptors (Lipinski definition) is 5. The SMILES string of the molecule is O=C(Nc1cncc(-c2cnc3[nH]nc(-c4cc5c(-c6cccc(F)c6)cncc5[nH]4)c3c2)c1)C1CCC1. The number of hydrogen-bond donors (Lipinski definition) is 3. The van der Waals surface area contributed by atoms with E-state index in [1.54, 1.807) is 37.1 Å². The third-order valence-electron chi connectivity index (χ3n) is 7.17. The first-order chi connectivity index (χ1) is 18.6. The first kappa shape index (κ1) is 22.3. The Morgan fingerprint density at radius 2 is 1.79 bits per heavy atom. The van der Waals surface area contributed by atoms with Crippen LogP contribution in [0.15, 0.2) is 73.4 Å². The van der Waals surface area contributed by atoms with Crippen LogP contribution in [0.3, 0.4) is 0 Å². The lowest BCUT2D eigenvalue weighted by Crippen LogP contribution is -2.28. The Balaban J connectivity index is 1.26. The molecule has 1 saturated carbocycles. The van der Waals surface area contributed by atoms with Crippen molar-refractivity contribution in [3.05, 3.63) is 79.3 Å². The minimum atomic E-state index is -0.298. The lowest BCUT2D eigenvalue weighted by molar-refractivity contribution is -0.122. The molecule has 5 heterocycles. The van der Waals surface area contributed by atoms with Gasteiger partial charge < -0.3 is 10.3 Å². The van der Waals surface area contributed by atoms with E-state index >= 15 is 0 Å². The normalized spacial score (nSPS) is 13.6. The Hall–Kier alpha value is -4.92. The highest BCUT2D eigenvalue weighted by Crippen LogP contribution is 2.35. The van der Waals surface area contributed by atoms with Gasteiger partial charge in [-0.1, -0.05) is 18.6 Å². The highest BCUT2D eigenvalue weighted by atomic mass is 19.1. The van der Waals surface area contributed by atoms with Crippen LogP contribution in [0, 0.1) is 11.7 Å². The molecule has 5 aromatic heterocycles. The third-order valence-corrected chi connectivity index (χ3v) is 7.17. The summed E-state index contributed by atoms with van der Waals surface area (Å²) in [6, 6.07) is 12.4. The zero-order chi connectivity index (χ0) is 25.6. The van der Waals surface area contributed by atoms with Crippen LogP contribution in [-0.2, 0) is 4.79 Å². The second-order valence-corrected chi connectivity index (χ2v) is 9.61. The lowest BCUT2D eigenvalue weighted by atomic mass is 9.85. The van der Waals surface area contributed by atoms with Crippen LogP contribution in [0.5, 0.6) is 0 Å². The van der Waals surface area contributed by atoms with E-state index in [1.165, 1.54) is 12.1 Å². The number of nitrogens with zero attached hydrogens (tertiary/aromatic N) is 4. The molecule has 1 aliphatic carbocycles. The molecule has 1 aliphatic rings. The van der Waals surface area contributed by atoms with Crippen molar-refractivity contribution >= 4 is 33.5 Å². The summed E-state index contributed by atoms with van der Waals surface area (Å²) >= 11 is 0. The molecule has 0 atom stereocenters. The molecule has 186 valence electrons. The topological polar surface area (TPSA) is 112 Å². The van der Waals surface area contributed by atoms with Gasteiger partial charge in [-0.3, -0.25) is 19.9 Å². The maximum atomic E-state index is 13.9. The summed E-state index contributed by atoms with van der Waals surface area (Å²) < 4.78 is 13.9. The highest BCUT2D eigenvalue weighted by Gasteiger charge is 2.25. The fourth-order valence-corrected chi connectivity index (χ4v) is 4.91. The van der Waals surface area contributed by atoms with Gasteiger partial charge in [0, 0.05) is 52.0 Å². The van der Waals surface area contributed by atoms with Gasteiger partial charge in [-0.2, -0.15) is 5.10 Å². The number of pyridine rings is 3. The smallest absolute Gasteiger partial charge is 0.227 e. The van der Waals surface area contributed by atoms with Crippen molar-refractivity contribution in [2.45, 2.75) is 19.3 Å². The average Bonchev–Trinajstić information content (AvgIpc) is 3.51. The number of aromatic amines is 2. The number of fused-ring (bicyclic) bond motifs is 2. The van der Waals surface area contributed by atoms with Gasteiger partial charge in [-0.15, -0.1) is 0 Å². The third kappa shape index (κ3) is 3.88. The van der Waals surface area contributed by atoms with Crippen LogP contribution < -0.4 is 5.32 Å². The zero-order valence-electron chi connectivity index (χ0n) is 20.2. The second-order valence-electron chi connectivity index (χ2n) is 9.61. The van der Waals surface area contributed by atoms with E-state index in [4.69, 9.17) is 0 Å². The van der Waals surface area contributed by atoms with E-state index in [1.807, 2.05) is 24.3 Å². The van der Waals surface area contributed by atoms with Gasteiger partial charge in [0.05, 0.1) is 29.3 Å². The molecule has 0 unspecified atom stereocenters. The summed E-state index contributed by atoms with van der Waals surface area (Å²) in [6.07, 6.45) is 11.6. The van der Waals surface area contributed by atoms with E-state index in [0.29, 0.717) is 17.0 Å². The molecular formula is C29H22FN7O. The molecule has 3 N–H and O–H groups in total. The zero-order valence-corrected chi connectivity index (χ0v) is 20.2. The molecule has 0 saturated heterocycles. The van der Waals surface area contributed by atoms with E-state index in [0.717, 1.165) is 63.5 Å². The predicted octanol–water partition coefficient (Wildman–Crippen LogP) is 6.11. The standard InChI is InChI=1S/C29H22FN7O/c30-20-6-2-5-17(7-20)24-14-32-15-26-22(24)10-25(35-26)27-23-9-19(12-33-28(23)37-36-27)18-8-21(13-31-11-18)34-29(38)16-3-1-4-16/h2,5-16,35H,1,3-4H2,(H,34,38)(H,33,36,37). The lowest BCUT2D eigenvalue weighted by Gasteiger charge is -2.24. The number of nitrogens with one attached hydrogen (secondary N) is 3. The Kier molecular flexibility index (Phi) is 5.21. The number of halogens is 1. The summed E-state index contributed by atoms with van der Waals surface area (Å²) in [4.78, 5) is 29.1. The Labute approximate surface area is 216 Å². The van der Waals surface area contributed by atoms with Crippen LogP contribution in [0.1, 0.15) is 19.3 Å². The van der Waals surface area contributed by atoms with E-state index in [2.05, 4.69) is 35.5 Å². The molecule has 0 radical (unpaired) electrons. The van der Waals surface area contributed by atoms with Crippen LogP contribution in [0.25, 0.3) is 55.6 Å². The fourth-order valence-electron chi connectivity index (χ4n) is 4.91. The van der Waals surface area contributed by atoms with Crippen molar-refractivity contribution < 1.29 is 9.18 Å². The van der Waals surface area contributed by atoms with Crippen molar-refractivity contribution in [3.63, 3.8) is 0 Å². The van der Waals surface area contributed by atoms with Crippen molar-refractivity contribution in [3.8, 4) is 33.6 Å². The summed E-state index contributed by atoms with van der Waals surface area (Å²) in [6.45, 7) is 0. The number of H-pyrrole nitrogens is 2. The Bertz CT molecular complexity index is 1840. The molecular weight excluding hydrogens is 481 g/mol. The van der Waals surface area contributed by atoms with E-state index < -0.39 is 0 Å². The van der Waals surface area contributed by atoms with Crippen molar-refractivity contribution in [2.24, 2.45) is 5.92 Å². The summed E-state index contributed by atoms with van der Waals surface area (Å²) in [5.74, 6) is -0.154. The molecule has 6 aromatic rings. The van der Waals surface area contributed by atoms with Gasteiger partial charge in [-0.25, -0.2) is 9.37 Å². The Morgan fingerprint density at radius 1 is 0.921 bits per heavy atom. The maximum absolute atomic E-state index is 13.9. The number of aromatic nitrogens is 6. The van der Waals surface area contributed by atoms with Crippen LogP contribution in [0.4, 0.5) is 10.1 Å². The molecule has 7 rings (SSSR count). The number of rotatable bonds is 5. The van der Waals surface area contributed by atoms with Crippen LogP contribution in [0.2, 0.25) is 0 Å². The number of benzene rings is 1. The second kappa shape index (κ2) is 8.88. The molecule has 0 aliphatic heterocycles.